The second kappa shape index (κ2) is 11.7. The second-order valence-electron chi connectivity index (χ2n) is 14.6. The van der Waals surface area contributed by atoms with Gasteiger partial charge in [0.2, 0.25) is 0 Å². The summed E-state index contributed by atoms with van der Waals surface area (Å²) in [5.41, 5.74) is 2.46. The summed E-state index contributed by atoms with van der Waals surface area (Å²) in [7, 11) is 0. The van der Waals surface area contributed by atoms with Crippen LogP contribution in [0, 0.1) is 22.7 Å². The zero-order chi connectivity index (χ0) is 27.6. The average Bonchev–Trinajstić information content (AvgIpc) is 3.11. The molecule has 0 bridgehead atoms. The Labute approximate surface area is 227 Å². The molecular weight excluding hydrogens is 460 g/mol. The van der Waals surface area contributed by atoms with Gasteiger partial charge in [-0.2, -0.15) is 0 Å². The number of aliphatic hydroxyl groups is 4. The zero-order valence-corrected chi connectivity index (χ0v) is 24.7. The Kier molecular flexibility index (Phi) is 9.64. The summed E-state index contributed by atoms with van der Waals surface area (Å²) in [4.78, 5) is 0. The zero-order valence-electron chi connectivity index (χ0n) is 24.7. The molecule has 0 aromatic heterocycles. The van der Waals surface area contributed by atoms with E-state index in [1.54, 1.807) is 0 Å². The standard InChI is InChI=1S/C33H56O4/c1-23-25(21-26(34)22-28(23)35)13-12-24-11-8-20-33(7)27(24)14-15-29(33)32(6,18-9-16-30(2,3)36)19-10-17-31(4,5)37/h12-13,26-29,34-37H,1,8-11,14-22H2,2-7H3/b24-12+,25-13-/t26-,27?,28+,29-,33+/m1/s1. The summed E-state index contributed by atoms with van der Waals surface area (Å²) in [6, 6.07) is 0. The molecule has 3 aliphatic carbocycles. The van der Waals surface area contributed by atoms with Gasteiger partial charge >= 0.3 is 0 Å². The van der Waals surface area contributed by atoms with Crippen molar-refractivity contribution in [2.75, 3.05) is 0 Å². The third kappa shape index (κ3) is 7.81. The molecule has 212 valence electrons. The topological polar surface area (TPSA) is 80.9 Å². The highest BCUT2D eigenvalue weighted by molar-refractivity contribution is 5.38. The van der Waals surface area contributed by atoms with E-state index < -0.39 is 23.4 Å². The van der Waals surface area contributed by atoms with E-state index in [1.165, 1.54) is 31.3 Å². The predicted molar refractivity (Wildman–Crippen MR) is 153 cm³/mol. The number of hydrogen-bond donors (Lipinski definition) is 4. The van der Waals surface area contributed by atoms with Gasteiger partial charge in [0, 0.05) is 6.42 Å². The van der Waals surface area contributed by atoms with Crippen molar-refractivity contribution in [3.05, 3.63) is 35.5 Å². The van der Waals surface area contributed by atoms with Gasteiger partial charge in [0.25, 0.3) is 0 Å². The van der Waals surface area contributed by atoms with Crippen LogP contribution in [0.4, 0.5) is 0 Å². The van der Waals surface area contributed by atoms with Crippen LogP contribution in [0.15, 0.2) is 35.5 Å². The van der Waals surface area contributed by atoms with Gasteiger partial charge in [0.15, 0.2) is 0 Å². The van der Waals surface area contributed by atoms with Crippen molar-refractivity contribution in [1.82, 2.24) is 0 Å². The Bertz CT molecular complexity index is 835. The molecule has 4 heteroatoms. The Morgan fingerprint density at radius 1 is 0.919 bits per heavy atom. The summed E-state index contributed by atoms with van der Waals surface area (Å²) < 4.78 is 0. The highest BCUT2D eigenvalue weighted by atomic mass is 16.3. The fourth-order valence-electron chi connectivity index (χ4n) is 8.17. The predicted octanol–water partition coefficient (Wildman–Crippen LogP) is 7.02. The molecule has 4 N–H and O–H groups in total. The molecule has 0 radical (unpaired) electrons. The summed E-state index contributed by atoms with van der Waals surface area (Å²) in [5.74, 6) is 1.19. The third-order valence-corrected chi connectivity index (χ3v) is 10.1. The first kappa shape index (κ1) is 30.6. The van der Waals surface area contributed by atoms with Gasteiger partial charge < -0.3 is 20.4 Å². The van der Waals surface area contributed by atoms with Crippen LogP contribution >= 0.6 is 0 Å². The van der Waals surface area contributed by atoms with Crippen LogP contribution < -0.4 is 0 Å². The summed E-state index contributed by atoms with van der Waals surface area (Å²) in [5, 5.41) is 41.2. The molecule has 3 rings (SSSR count). The maximum Gasteiger partial charge on any atom is 0.0811 e. The maximum absolute atomic E-state index is 10.4. The number of hydrogen-bond acceptors (Lipinski definition) is 4. The van der Waals surface area contributed by atoms with Crippen molar-refractivity contribution in [2.45, 2.75) is 148 Å². The maximum atomic E-state index is 10.4. The molecule has 0 heterocycles. The molecule has 3 fully saturated rings. The average molecular weight is 517 g/mol. The van der Waals surface area contributed by atoms with Crippen LogP contribution in [0.25, 0.3) is 0 Å². The van der Waals surface area contributed by atoms with Crippen LogP contribution in [-0.2, 0) is 0 Å². The minimum atomic E-state index is -0.644. The van der Waals surface area contributed by atoms with E-state index in [4.69, 9.17) is 0 Å². The van der Waals surface area contributed by atoms with Crippen LogP contribution in [0.2, 0.25) is 0 Å². The first-order valence-corrected chi connectivity index (χ1v) is 14.9. The number of allylic oxidation sites excluding steroid dienone is 3. The van der Waals surface area contributed by atoms with Gasteiger partial charge in [-0.1, -0.05) is 51.0 Å². The van der Waals surface area contributed by atoms with E-state index in [1.807, 2.05) is 27.7 Å². The minimum absolute atomic E-state index is 0.187. The van der Waals surface area contributed by atoms with Crippen molar-refractivity contribution in [1.29, 1.82) is 0 Å². The van der Waals surface area contributed by atoms with Gasteiger partial charge in [-0.05, 0) is 126 Å². The molecule has 3 saturated carbocycles. The fourth-order valence-corrected chi connectivity index (χ4v) is 8.17. The summed E-state index contributed by atoms with van der Waals surface area (Å²) in [6.07, 6.45) is 16.2. The van der Waals surface area contributed by atoms with Crippen molar-refractivity contribution in [2.24, 2.45) is 22.7 Å². The minimum Gasteiger partial charge on any atom is -0.393 e. The summed E-state index contributed by atoms with van der Waals surface area (Å²) in [6.45, 7) is 16.8. The van der Waals surface area contributed by atoms with Crippen LogP contribution in [0.3, 0.4) is 0 Å². The normalized spacial score (nSPS) is 33.8. The summed E-state index contributed by atoms with van der Waals surface area (Å²) >= 11 is 0. The molecule has 0 spiro atoms. The molecule has 0 amide bonds. The highest BCUT2D eigenvalue weighted by Crippen LogP contribution is 2.64. The van der Waals surface area contributed by atoms with E-state index in [2.05, 4.69) is 32.6 Å². The first-order chi connectivity index (χ1) is 17.0. The number of fused-ring (bicyclic) bond motifs is 1. The van der Waals surface area contributed by atoms with Crippen LogP contribution in [-0.4, -0.2) is 43.8 Å². The molecule has 3 aliphatic rings. The van der Waals surface area contributed by atoms with Crippen LogP contribution in [0.1, 0.15) is 125 Å². The number of aliphatic hydroxyl groups excluding tert-OH is 2. The quantitative estimate of drug-likeness (QED) is 0.252. The van der Waals surface area contributed by atoms with Crippen molar-refractivity contribution in [3.8, 4) is 0 Å². The van der Waals surface area contributed by atoms with Crippen molar-refractivity contribution < 1.29 is 20.4 Å². The molecule has 5 atom stereocenters. The molecule has 0 aromatic carbocycles. The molecule has 0 saturated heterocycles. The highest BCUT2D eigenvalue weighted by Gasteiger charge is 2.54. The second-order valence-corrected chi connectivity index (χ2v) is 14.6. The third-order valence-electron chi connectivity index (χ3n) is 10.1. The Morgan fingerprint density at radius 3 is 2.08 bits per heavy atom. The molecule has 1 unspecified atom stereocenters. The van der Waals surface area contributed by atoms with Crippen LogP contribution in [0.5, 0.6) is 0 Å². The monoisotopic (exact) mass is 516 g/mol. The van der Waals surface area contributed by atoms with Crippen molar-refractivity contribution in [3.63, 3.8) is 0 Å². The van der Waals surface area contributed by atoms with Gasteiger partial charge in [0.05, 0.1) is 23.4 Å². The Balaban J connectivity index is 1.83. The van der Waals surface area contributed by atoms with Gasteiger partial charge in [-0.15, -0.1) is 0 Å². The first-order valence-electron chi connectivity index (χ1n) is 14.9. The van der Waals surface area contributed by atoms with E-state index in [9.17, 15) is 20.4 Å². The van der Waals surface area contributed by atoms with Crippen molar-refractivity contribution >= 4 is 0 Å². The Hall–Kier alpha value is -0.940. The van der Waals surface area contributed by atoms with E-state index >= 15 is 0 Å². The SMILES string of the molecule is C=C1/C(=C\C=C2/CCC[C@@]3(C)C2CC[C@@H]3C(C)(CCCC(C)(C)O)CCCC(C)(C)O)C[C@@H](O)C[C@@H]1O. The molecule has 0 aromatic rings. The molecular formula is C33H56O4. The Morgan fingerprint density at radius 2 is 1.51 bits per heavy atom. The molecule has 4 nitrogen and oxygen atoms in total. The lowest BCUT2D eigenvalue weighted by atomic mass is 9.55. The van der Waals surface area contributed by atoms with Gasteiger partial charge in [-0.25, -0.2) is 0 Å². The van der Waals surface area contributed by atoms with E-state index in [0.29, 0.717) is 24.7 Å². The van der Waals surface area contributed by atoms with E-state index in [0.717, 1.165) is 56.1 Å². The van der Waals surface area contributed by atoms with E-state index in [-0.39, 0.29) is 10.8 Å². The lowest BCUT2D eigenvalue weighted by Gasteiger charge is -2.50. The van der Waals surface area contributed by atoms with Gasteiger partial charge in [-0.3, -0.25) is 0 Å². The molecule has 0 aliphatic heterocycles. The fraction of sp³-hybridized carbons (Fsp3) is 0.818. The lowest BCUT2D eigenvalue weighted by Crippen LogP contribution is -2.41. The molecule has 37 heavy (non-hydrogen) atoms. The lowest BCUT2D eigenvalue weighted by molar-refractivity contribution is 0.00528. The smallest absolute Gasteiger partial charge is 0.0811 e. The van der Waals surface area contributed by atoms with Gasteiger partial charge in [0.1, 0.15) is 0 Å². The largest absolute Gasteiger partial charge is 0.393 e. The number of rotatable bonds is 10.